The monoisotopic (exact) mass is 335 g/mol. The molecule has 1 fully saturated rings. The Morgan fingerprint density at radius 2 is 2.05 bits per heavy atom. The second-order valence-corrected chi connectivity index (χ2v) is 8.59. The zero-order valence-corrected chi connectivity index (χ0v) is 14.0. The third kappa shape index (κ3) is 3.30. The molecule has 2 rings (SSSR count). The van der Waals surface area contributed by atoms with Crippen molar-refractivity contribution in [2.75, 3.05) is 13.1 Å². The van der Waals surface area contributed by atoms with Crippen LogP contribution in [-0.2, 0) is 15.9 Å². The van der Waals surface area contributed by atoms with Gasteiger partial charge >= 0.3 is 0 Å². The molecule has 3 nitrogen and oxygen atoms in total. The van der Waals surface area contributed by atoms with E-state index in [0.717, 1.165) is 18.4 Å². The molecule has 1 heterocycles. The Labute approximate surface area is 130 Å². The number of sulfonamides is 1. The minimum Gasteiger partial charge on any atom is -0.207 e. The van der Waals surface area contributed by atoms with Crippen molar-refractivity contribution in [3.05, 3.63) is 28.8 Å². The van der Waals surface area contributed by atoms with E-state index in [1.165, 1.54) is 4.31 Å². The molecule has 20 heavy (non-hydrogen) atoms. The van der Waals surface area contributed by atoms with Crippen LogP contribution in [0.5, 0.6) is 0 Å². The van der Waals surface area contributed by atoms with Gasteiger partial charge in [0.2, 0.25) is 10.0 Å². The van der Waals surface area contributed by atoms with Gasteiger partial charge < -0.3 is 0 Å². The first-order valence-corrected chi connectivity index (χ1v) is 8.96. The number of piperidine rings is 1. The van der Waals surface area contributed by atoms with Crippen molar-refractivity contribution in [1.29, 1.82) is 0 Å². The lowest BCUT2D eigenvalue weighted by Crippen LogP contribution is -2.43. The fourth-order valence-electron chi connectivity index (χ4n) is 2.54. The van der Waals surface area contributed by atoms with E-state index in [-0.39, 0.29) is 21.2 Å². The molecule has 0 aromatic heterocycles. The van der Waals surface area contributed by atoms with Gasteiger partial charge in [-0.1, -0.05) is 31.5 Å². The lowest BCUT2D eigenvalue weighted by Gasteiger charge is -2.37. The molecule has 1 aliphatic rings. The summed E-state index contributed by atoms with van der Waals surface area (Å²) in [6.45, 7) is 5.25. The van der Waals surface area contributed by atoms with Crippen LogP contribution in [0.4, 0.5) is 0 Å². The van der Waals surface area contributed by atoms with Gasteiger partial charge in [0.1, 0.15) is 4.90 Å². The summed E-state index contributed by atoms with van der Waals surface area (Å²) in [7, 11) is -3.55. The van der Waals surface area contributed by atoms with Crippen molar-refractivity contribution in [1.82, 2.24) is 4.31 Å². The van der Waals surface area contributed by atoms with E-state index in [4.69, 9.17) is 23.2 Å². The van der Waals surface area contributed by atoms with Gasteiger partial charge in [0, 0.05) is 19.0 Å². The number of halogens is 2. The van der Waals surface area contributed by atoms with Crippen LogP contribution in [0.15, 0.2) is 23.1 Å². The van der Waals surface area contributed by atoms with Crippen molar-refractivity contribution in [3.63, 3.8) is 0 Å². The van der Waals surface area contributed by atoms with E-state index < -0.39 is 10.0 Å². The molecule has 0 aliphatic carbocycles. The molecule has 0 atom stereocenters. The lowest BCUT2D eigenvalue weighted by molar-refractivity contribution is 0.187. The highest BCUT2D eigenvalue weighted by Gasteiger charge is 2.35. The summed E-state index contributed by atoms with van der Waals surface area (Å²) in [5.74, 6) is 0.269. The Hall–Kier alpha value is -0.290. The number of alkyl halides is 1. The second kappa shape index (κ2) is 5.84. The van der Waals surface area contributed by atoms with E-state index in [2.05, 4.69) is 13.8 Å². The van der Waals surface area contributed by atoms with Gasteiger partial charge in [0.15, 0.2) is 0 Å². The molecule has 0 bridgehead atoms. The van der Waals surface area contributed by atoms with Crippen molar-refractivity contribution in [2.45, 2.75) is 37.5 Å². The summed E-state index contributed by atoms with van der Waals surface area (Å²) in [5, 5.41) is 0.252. The van der Waals surface area contributed by atoms with Crippen molar-refractivity contribution >= 4 is 33.2 Å². The number of hydrogen-bond donors (Lipinski definition) is 0. The summed E-state index contributed by atoms with van der Waals surface area (Å²) >= 11 is 11.9. The van der Waals surface area contributed by atoms with Crippen LogP contribution in [0.1, 0.15) is 32.3 Å². The SMILES string of the molecule is CC1(C)CCCN(S(=O)(=O)c2cc(CCl)ccc2Cl)C1. The molecule has 1 aromatic rings. The van der Waals surface area contributed by atoms with Gasteiger partial charge in [0.25, 0.3) is 0 Å². The zero-order valence-electron chi connectivity index (χ0n) is 11.7. The van der Waals surface area contributed by atoms with Crippen LogP contribution >= 0.6 is 23.2 Å². The smallest absolute Gasteiger partial charge is 0.207 e. The molecule has 0 N–H and O–H groups in total. The van der Waals surface area contributed by atoms with Gasteiger partial charge in [-0.05, 0) is 36.0 Å². The normalized spacial score (nSPS) is 20.0. The zero-order chi connectivity index (χ0) is 15.0. The van der Waals surface area contributed by atoms with Crippen LogP contribution in [0, 0.1) is 5.41 Å². The Morgan fingerprint density at radius 3 is 2.65 bits per heavy atom. The summed E-state index contributed by atoms with van der Waals surface area (Å²) in [6.07, 6.45) is 1.91. The standard InChI is InChI=1S/C14H19Cl2NO2S/c1-14(2)6-3-7-17(10-14)20(18,19)13-8-11(9-15)4-5-12(13)16/h4-5,8H,3,6-7,9-10H2,1-2H3. The first-order chi connectivity index (χ1) is 9.26. The molecule has 1 aliphatic heterocycles. The highest BCUT2D eigenvalue weighted by atomic mass is 35.5. The molecule has 0 saturated carbocycles. The molecule has 1 aromatic carbocycles. The Kier molecular flexibility index (Phi) is 4.69. The molecule has 0 spiro atoms. The van der Waals surface area contributed by atoms with Gasteiger partial charge in [-0.25, -0.2) is 8.42 Å². The van der Waals surface area contributed by atoms with E-state index in [1.54, 1.807) is 18.2 Å². The van der Waals surface area contributed by atoms with Gasteiger partial charge in [-0.15, -0.1) is 11.6 Å². The Bertz CT molecular complexity index is 599. The maximum Gasteiger partial charge on any atom is 0.244 e. The summed E-state index contributed by atoms with van der Waals surface area (Å²) in [4.78, 5) is 0.162. The van der Waals surface area contributed by atoms with Crippen molar-refractivity contribution < 1.29 is 8.42 Å². The lowest BCUT2D eigenvalue weighted by atomic mass is 9.85. The van der Waals surface area contributed by atoms with Crippen LogP contribution < -0.4 is 0 Å². The van der Waals surface area contributed by atoms with Crippen LogP contribution in [0.3, 0.4) is 0 Å². The quantitative estimate of drug-likeness (QED) is 0.786. The maximum absolute atomic E-state index is 12.8. The van der Waals surface area contributed by atoms with E-state index in [0.29, 0.717) is 13.1 Å². The largest absolute Gasteiger partial charge is 0.244 e. The highest BCUT2D eigenvalue weighted by Crippen LogP contribution is 2.34. The van der Waals surface area contributed by atoms with Crippen LogP contribution in [-0.4, -0.2) is 25.8 Å². The minimum absolute atomic E-state index is 0.00188. The highest BCUT2D eigenvalue weighted by molar-refractivity contribution is 7.89. The number of rotatable bonds is 3. The summed E-state index contributed by atoms with van der Waals surface area (Å²) in [6, 6.07) is 4.92. The van der Waals surface area contributed by atoms with Gasteiger partial charge in [-0.3, -0.25) is 0 Å². The summed E-state index contributed by atoms with van der Waals surface area (Å²) in [5.41, 5.74) is 0.757. The Morgan fingerprint density at radius 1 is 1.35 bits per heavy atom. The molecule has 6 heteroatoms. The average molecular weight is 336 g/mol. The fourth-order valence-corrected chi connectivity index (χ4v) is 4.90. The first-order valence-electron chi connectivity index (χ1n) is 6.61. The summed E-state index contributed by atoms with van der Waals surface area (Å²) < 4.78 is 27.1. The van der Waals surface area contributed by atoms with Crippen LogP contribution in [0.25, 0.3) is 0 Å². The topological polar surface area (TPSA) is 37.4 Å². The third-order valence-corrected chi connectivity index (χ3v) is 6.27. The van der Waals surface area contributed by atoms with Gasteiger partial charge in [0.05, 0.1) is 5.02 Å². The second-order valence-electron chi connectivity index (χ2n) is 6.00. The first kappa shape index (κ1) is 16.1. The number of nitrogens with zero attached hydrogens (tertiary/aromatic N) is 1. The third-order valence-electron chi connectivity index (χ3n) is 3.63. The Balaban J connectivity index is 2.40. The molecule has 112 valence electrons. The fraction of sp³-hybridized carbons (Fsp3) is 0.571. The van der Waals surface area contributed by atoms with Gasteiger partial charge in [-0.2, -0.15) is 4.31 Å². The van der Waals surface area contributed by atoms with E-state index in [9.17, 15) is 8.42 Å². The van der Waals surface area contributed by atoms with E-state index >= 15 is 0 Å². The molecular weight excluding hydrogens is 317 g/mol. The van der Waals surface area contributed by atoms with Crippen LogP contribution in [0.2, 0.25) is 5.02 Å². The average Bonchev–Trinajstić information content (AvgIpc) is 2.38. The molecule has 0 unspecified atom stereocenters. The maximum atomic E-state index is 12.8. The minimum atomic E-state index is -3.55. The molecule has 1 saturated heterocycles. The van der Waals surface area contributed by atoms with E-state index in [1.807, 2.05) is 0 Å². The number of benzene rings is 1. The van der Waals surface area contributed by atoms with Crippen molar-refractivity contribution in [3.8, 4) is 0 Å². The molecule has 0 radical (unpaired) electrons. The predicted octanol–water partition coefficient (Wildman–Crippen LogP) is 3.89. The number of hydrogen-bond acceptors (Lipinski definition) is 2. The predicted molar refractivity (Wildman–Crippen MR) is 82.8 cm³/mol. The molecular formula is C14H19Cl2NO2S. The molecule has 0 amide bonds. The van der Waals surface area contributed by atoms with Crippen molar-refractivity contribution in [2.24, 2.45) is 5.41 Å².